The Morgan fingerprint density at radius 1 is 0.857 bits per heavy atom. The number of hydrogen-bond acceptors (Lipinski definition) is 2. The van der Waals surface area contributed by atoms with Gasteiger partial charge in [0.25, 0.3) is 0 Å². The number of alkyl halides is 3. The summed E-state index contributed by atoms with van der Waals surface area (Å²) in [5, 5.41) is 9.85. The van der Waals surface area contributed by atoms with E-state index in [-0.39, 0.29) is 11.7 Å². The second-order valence-corrected chi connectivity index (χ2v) is 11.7. The lowest BCUT2D eigenvalue weighted by atomic mass is 9.72. The summed E-state index contributed by atoms with van der Waals surface area (Å²) in [6.45, 7) is 5.95. The Hall–Kier alpha value is -1.49. The molecule has 196 valence electrons. The Labute approximate surface area is 210 Å². The highest BCUT2D eigenvalue weighted by molar-refractivity contribution is 5.29. The number of aliphatic hydroxyl groups excluding tert-OH is 1. The third kappa shape index (κ3) is 7.50. The summed E-state index contributed by atoms with van der Waals surface area (Å²) in [4.78, 5) is 2.75. The molecule has 5 heteroatoms. The lowest BCUT2D eigenvalue weighted by Gasteiger charge is -2.45. The van der Waals surface area contributed by atoms with E-state index in [0.717, 1.165) is 49.8 Å². The summed E-state index contributed by atoms with van der Waals surface area (Å²) in [6, 6.07) is 6.30. The van der Waals surface area contributed by atoms with Crippen LogP contribution in [0.1, 0.15) is 107 Å². The molecule has 1 aromatic carbocycles. The van der Waals surface area contributed by atoms with Crippen molar-refractivity contribution in [2.45, 2.75) is 108 Å². The van der Waals surface area contributed by atoms with Crippen molar-refractivity contribution >= 4 is 0 Å². The molecule has 0 saturated heterocycles. The third-order valence-electron chi connectivity index (χ3n) is 9.10. The van der Waals surface area contributed by atoms with Crippen molar-refractivity contribution in [1.82, 2.24) is 4.90 Å². The minimum Gasteiger partial charge on any atom is -0.513 e. The van der Waals surface area contributed by atoms with Gasteiger partial charge in [0.1, 0.15) is 0 Å². The molecule has 2 nitrogen and oxygen atoms in total. The van der Waals surface area contributed by atoms with Gasteiger partial charge < -0.3 is 5.11 Å². The number of aliphatic hydroxyl groups is 1. The average Bonchev–Trinajstić information content (AvgIpc) is 3.35. The predicted molar refractivity (Wildman–Crippen MR) is 136 cm³/mol. The molecule has 1 aromatic rings. The highest BCUT2D eigenvalue weighted by atomic mass is 19.4. The van der Waals surface area contributed by atoms with Gasteiger partial charge in [-0.05, 0) is 86.4 Å². The maximum atomic E-state index is 13.2. The molecule has 3 atom stereocenters. The molecule has 4 rings (SSSR count). The Morgan fingerprint density at radius 2 is 1.49 bits per heavy atom. The highest BCUT2D eigenvalue weighted by Gasteiger charge is 2.37. The highest BCUT2D eigenvalue weighted by Crippen LogP contribution is 2.43. The zero-order valence-corrected chi connectivity index (χ0v) is 21.2. The maximum absolute atomic E-state index is 13.2. The van der Waals surface area contributed by atoms with Gasteiger partial charge in [-0.3, -0.25) is 4.90 Å². The first-order valence-corrected chi connectivity index (χ1v) is 14.1. The SMILES string of the molecule is C=C(O)CC1CCC(N(CCC2CCCC2)CC2CCCCC2)C(c2ccc(C(F)(F)F)cc2)C1. The van der Waals surface area contributed by atoms with Crippen LogP contribution in [0.15, 0.2) is 36.6 Å². The second-order valence-electron chi connectivity index (χ2n) is 11.7. The van der Waals surface area contributed by atoms with Crippen molar-refractivity contribution in [2.75, 3.05) is 13.1 Å². The van der Waals surface area contributed by atoms with Crippen LogP contribution in [0.25, 0.3) is 0 Å². The van der Waals surface area contributed by atoms with Gasteiger partial charge in [0.2, 0.25) is 0 Å². The number of hydrogen-bond donors (Lipinski definition) is 1. The minimum atomic E-state index is -4.31. The van der Waals surface area contributed by atoms with Crippen LogP contribution in [0.5, 0.6) is 0 Å². The van der Waals surface area contributed by atoms with E-state index in [1.54, 1.807) is 12.1 Å². The zero-order valence-electron chi connectivity index (χ0n) is 21.2. The number of halogens is 3. The van der Waals surface area contributed by atoms with Crippen LogP contribution in [0.3, 0.4) is 0 Å². The van der Waals surface area contributed by atoms with Crippen LogP contribution in [0.2, 0.25) is 0 Å². The fourth-order valence-electron chi connectivity index (χ4n) is 7.22. The minimum absolute atomic E-state index is 0.197. The van der Waals surface area contributed by atoms with Crippen LogP contribution < -0.4 is 0 Å². The van der Waals surface area contributed by atoms with Gasteiger partial charge in [-0.2, -0.15) is 13.2 Å². The van der Waals surface area contributed by atoms with Gasteiger partial charge in [-0.15, -0.1) is 0 Å². The molecular formula is C30H44F3NO. The van der Waals surface area contributed by atoms with Crippen molar-refractivity contribution in [3.63, 3.8) is 0 Å². The number of benzene rings is 1. The quantitative estimate of drug-likeness (QED) is 0.349. The molecule has 0 spiro atoms. The zero-order chi connectivity index (χ0) is 24.8. The van der Waals surface area contributed by atoms with E-state index >= 15 is 0 Å². The molecule has 1 N–H and O–H groups in total. The molecule has 0 radical (unpaired) electrons. The maximum Gasteiger partial charge on any atom is 0.416 e. The van der Waals surface area contributed by atoms with Crippen molar-refractivity contribution in [1.29, 1.82) is 0 Å². The summed E-state index contributed by atoms with van der Waals surface area (Å²) in [5.74, 6) is 2.34. The molecule has 3 fully saturated rings. The topological polar surface area (TPSA) is 23.5 Å². The lowest BCUT2D eigenvalue weighted by molar-refractivity contribution is -0.137. The van der Waals surface area contributed by atoms with Crippen molar-refractivity contribution < 1.29 is 18.3 Å². The molecule has 3 unspecified atom stereocenters. The normalized spacial score (nSPS) is 26.9. The molecule has 0 aromatic heterocycles. The fourth-order valence-corrected chi connectivity index (χ4v) is 7.22. The van der Waals surface area contributed by atoms with E-state index < -0.39 is 11.7 Å². The van der Waals surface area contributed by atoms with Crippen LogP contribution in [-0.4, -0.2) is 29.1 Å². The Kier molecular flexibility index (Phi) is 9.24. The summed E-state index contributed by atoms with van der Waals surface area (Å²) < 4.78 is 39.7. The summed E-state index contributed by atoms with van der Waals surface area (Å²) in [7, 11) is 0. The largest absolute Gasteiger partial charge is 0.513 e. The van der Waals surface area contributed by atoms with Gasteiger partial charge in [0.15, 0.2) is 0 Å². The summed E-state index contributed by atoms with van der Waals surface area (Å²) in [5.41, 5.74) is 0.444. The van der Waals surface area contributed by atoms with Crippen LogP contribution in [-0.2, 0) is 6.18 Å². The molecule has 0 aliphatic heterocycles. The Balaban J connectivity index is 1.56. The Morgan fingerprint density at radius 3 is 2.11 bits per heavy atom. The molecule has 3 saturated carbocycles. The van der Waals surface area contributed by atoms with Gasteiger partial charge >= 0.3 is 6.18 Å². The number of nitrogens with zero attached hydrogens (tertiary/aromatic N) is 1. The molecule has 3 aliphatic carbocycles. The van der Waals surface area contributed by atoms with Crippen molar-refractivity contribution in [3.8, 4) is 0 Å². The fraction of sp³-hybridized carbons (Fsp3) is 0.733. The second kappa shape index (κ2) is 12.2. The smallest absolute Gasteiger partial charge is 0.416 e. The van der Waals surface area contributed by atoms with E-state index in [1.165, 1.54) is 76.3 Å². The molecular weight excluding hydrogens is 447 g/mol. The standard InChI is InChI=1S/C30H44F3NO/c1-22(35)19-25-11-16-29(28(20-25)26-12-14-27(15-13-26)30(31,32)33)34(18-17-23-7-5-6-8-23)21-24-9-3-2-4-10-24/h12-15,23-25,28-29,35H,1-11,16-21H2. The predicted octanol–water partition coefficient (Wildman–Crippen LogP) is 8.88. The Bertz CT molecular complexity index is 793. The van der Waals surface area contributed by atoms with E-state index in [1.807, 2.05) is 0 Å². The lowest BCUT2D eigenvalue weighted by Crippen LogP contribution is -2.46. The van der Waals surface area contributed by atoms with Gasteiger partial charge in [-0.1, -0.05) is 63.7 Å². The van der Waals surface area contributed by atoms with E-state index in [2.05, 4.69) is 11.5 Å². The van der Waals surface area contributed by atoms with Crippen LogP contribution >= 0.6 is 0 Å². The van der Waals surface area contributed by atoms with Crippen molar-refractivity contribution in [3.05, 3.63) is 47.7 Å². The molecule has 0 heterocycles. The van der Waals surface area contributed by atoms with Gasteiger partial charge in [-0.25, -0.2) is 0 Å². The first-order chi connectivity index (χ1) is 16.8. The third-order valence-corrected chi connectivity index (χ3v) is 9.10. The van der Waals surface area contributed by atoms with Crippen molar-refractivity contribution in [2.24, 2.45) is 17.8 Å². The first-order valence-electron chi connectivity index (χ1n) is 14.1. The monoisotopic (exact) mass is 491 g/mol. The van der Waals surface area contributed by atoms with Gasteiger partial charge in [0.05, 0.1) is 11.3 Å². The van der Waals surface area contributed by atoms with E-state index in [0.29, 0.717) is 18.4 Å². The number of allylic oxidation sites excluding steroid dienone is 1. The van der Waals surface area contributed by atoms with Crippen LogP contribution in [0, 0.1) is 17.8 Å². The average molecular weight is 492 g/mol. The molecule has 35 heavy (non-hydrogen) atoms. The summed E-state index contributed by atoms with van der Waals surface area (Å²) >= 11 is 0. The van der Waals surface area contributed by atoms with Crippen LogP contribution in [0.4, 0.5) is 13.2 Å². The molecule has 0 bridgehead atoms. The first kappa shape index (κ1) is 26.6. The van der Waals surface area contributed by atoms with Gasteiger partial charge in [0, 0.05) is 19.0 Å². The summed E-state index contributed by atoms with van der Waals surface area (Å²) in [6.07, 6.45) is 12.6. The van der Waals surface area contributed by atoms with E-state index in [9.17, 15) is 18.3 Å². The molecule has 0 amide bonds. The van der Waals surface area contributed by atoms with E-state index in [4.69, 9.17) is 0 Å². The molecule has 3 aliphatic rings. The number of rotatable bonds is 9.